The molecule has 0 spiro atoms. The Morgan fingerprint density at radius 3 is 2.42 bits per heavy atom. The summed E-state index contributed by atoms with van der Waals surface area (Å²) < 4.78 is 11.0. The van der Waals surface area contributed by atoms with Crippen molar-refractivity contribution in [2.45, 2.75) is 0 Å². The minimum atomic E-state index is 0.485. The number of para-hydroxylation sites is 1. The van der Waals surface area contributed by atoms with Crippen molar-refractivity contribution in [3.8, 4) is 22.9 Å². The van der Waals surface area contributed by atoms with Gasteiger partial charge in [0.05, 0.1) is 11.1 Å². The lowest BCUT2D eigenvalue weighted by Gasteiger charge is -1.95. The SMILES string of the molecule is Cn1cc(-c2nnc(-c3cn(C)c4ncc(Br)cc34)o2)c2ccccc21. The predicted octanol–water partition coefficient (Wildman–Crippen LogP) is 4.54. The Morgan fingerprint density at radius 1 is 0.923 bits per heavy atom. The zero-order valence-corrected chi connectivity index (χ0v) is 15.7. The molecule has 0 amide bonds. The van der Waals surface area contributed by atoms with Gasteiger partial charge in [-0.15, -0.1) is 10.2 Å². The number of benzene rings is 1. The smallest absolute Gasteiger partial charge is 0.250 e. The number of aromatic nitrogens is 5. The fourth-order valence-corrected chi connectivity index (χ4v) is 3.69. The van der Waals surface area contributed by atoms with Crippen LogP contribution >= 0.6 is 15.9 Å². The molecule has 0 bridgehead atoms. The topological polar surface area (TPSA) is 61.7 Å². The highest BCUT2D eigenvalue weighted by Gasteiger charge is 2.19. The van der Waals surface area contributed by atoms with Gasteiger partial charge in [0.15, 0.2) is 0 Å². The molecule has 0 aliphatic carbocycles. The minimum Gasteiger partial charge on any atom is -0.416 e. The van der Waals surface area contributed by atoms with Gasteiger partial charge in [0, 0.05) is 53.4 Å². The van der Waals surface area contributed by atoms with E-state index in [2.05, 4.69) is 47.8 Å². The molecule has 4 heterocycles. The van der Waals surface area contributed by atoms with Crippen LogP contribution in [0.25, 0.3) is 44.8 Å². The fourth-order valence-electron chi connectivity index (χ4n) is 3.36. The lowest BCUT2D eigenvalue weighted by molar-refractivity contribution is 0.585. The van der Waals surface area contributed by atoms with Gasteiger partial charge in [-0.2, -0.15) is 0 Å². The summed E-state index contributed by atoms with van der Waals surface area (Å²) in [5.41, 5.74) is 3.80. The largest absolute Gasteiger partial charge is 0.416 e. The molecular formula is C19H14BrN5O. The van der Waals surface area contributed by atoms with Crippen LogP contribution in [0.1, 0.15) is 0 Å². The lowest BCUT2D eigenvalue weighted by atomic mass is 10.2. The Labute approximate surface area is 157 Å². The first-order valence-electron chi connectivity index (χ1n) is 8.11. The summed E-state index contributed by atoms with van der Waals surface area (Å²) in [6, 6.07) is 10.2. The average molecular weight is 408 g/mol. The Kier molecular flexibility index (Phi) is 3.27. The molecule has 0 unspecified atom stereocenters. The van der Waals surface area contributed by atoms with Gasteiger partial charge >= 0.3 is 0 Å². The molecule has 128 valence electrons. The number of hydrogen-bond acceptors (Lipinski definition) is 4. The second-order valence-corrected chi connectivity index (χ2v) is 7.18. The molecular weight excluding hydrogens is 394 g/mol. The third-order valence-electron chi connectivity index (χ3n) is 4.56. The highest BCUT2D eigenvalue weighted by atomic mass is 79.9. The average Bonchev–Trinajstić information content (AvgIpc) is 3.32. The first kappa shape index (κ1) is 15.3. The van der Waals surface area contributed by atoms with Crippen LogP contribution in [0.5, 0.6) is 0 Å². The second kappa shape index (κ2) is 5.54. The molecule has 0 saturated carbocycles. The Morgan fingerprint density at radius 2 is 1.62 bits per heavy atom. The van der Waals surface area contributed by atoms with Crippen LogP contribution in [-0.4, -0.2) is 24.3 Å². The quantitative estimate of drug-likeness (QED) is 0.430. The summed E-state index contributed by atoms with van der Waals surface area (Å²) in [5, 5.41) is 10.6. The molecule has 0 radical (unpaired) electrons. The van der Waals surface area contributed by atoms with E-state index < -0.39 is 0 Å². The normalized spacial score (nSPS) is 11.7. The zero-order chi connectivity index (χ0) is 17.8. The van der Waals surface area contributed by atoms with Gasteiger partial charge in [-0.3, -0.25) is 0 Å². The van der Waals surface area contributed by atoms with Crippen LogP contribution in [0.3, 0.4) is 0 Å². The van der Waals surface area contributed by atoms with Crippen LogP contribution in [-0.2, 0) is 14.1 Å². The standard InChI is InChI=1S/C19H14BrN5O/c1-24-9-14(12-5-3-4-6-16(12)24)18-22-23-19(26-18)15-10-25(2)17-13(15)7-11(20)8-21-17/h3-10H,1-2H3. The van der Waals surface area contributed by atoms with E-state index >= 15 is 0 Å². The molecule has 0 fully saturated rings. The summed E-state index contributed by atoms with van der Waals surface area (Å²) in [6.45, 7) is 0. The van der Waals surface area contributed by atoms with Crippen LogP contribution < -0.4 is 0 Å². The van der Waals surface area contributed by atoms with E-state index in [-0.39, 0.29) is 0 Å². The maximum Gasteiger partial charge on any atom is 0.250 e. The molecule has 0 atom stereocenters. The molecule has 5 rings (SSSR count). The van der Waals surface area contributed by atoms with Crippen molar-refractivity contribution in [3.63, 3.8) is 0 Å². The summed E-state index contributed by atoms with van der Waals surface area (Å²) in [7, 11) is 3.96. The monoisotopic (exact) mass is 407 g/mol. The fraction of sp³-hybridized carbons (Fsp3) is 0.105. The molecule has 0 N–H and O–H groups in total. The zero-order valence-electron chi connectivity index (χ0n) is 14.1. The highest BCUT2D eigenvalue weighted by molar-refractivity contribution is 9.10. The lowest BCUT2D eigenvalue weighted by Crippen LogP contribution is -1.86. The van der Waals surface area contributed by atoms with Crippen molar-refractivity contribution in [1.29, 1.82) is 0 Å². The number of rotatable bonds is 2. The third kappa shape index (κ3) is 2.20. The molecule has 0 saturated heterocycles. The molecule has 4 aromatic heterocycles. The molecule has 0 aliphatic heterocycles. The first-order valence-corrected chi connectivity index (χ1v) is 8.90. The van der Waals surface area contributed by atoms with Crippen LogP contribution in [0, 0.1) is 0 Å². The summed E-state index contributed by atoms with van der Waals surface area (Å²) in [4.78, 5) is 4.46. The van der Waals surface area contributed by atoms with Gasteiger partial charge in [-0.05, 0) is 28.1 Å². The number of nitrogens with zero attached hydrogens (tertiary/aromatic N) is 5. The predicted molar refractivity (Wildman–Crippen MR) is 104 cm³/mol. The van der Waals surface area contributed by atoms with E-state index in [4.69, 9.17) is 4.42 Å². The van der Waals surface area contributed by atoms with E-state index in [1.807, 2.05) is 49.3 Å². The first-order chi connectivity index (χ1) is 12.6. The van der Waals surface area contributed by atoms with E-state index in [0.717, 1.165) is 37.5 Å². The number of pyridine rings is 1. The molecule has 7 heteroatoms. The van der Waals surface area contributed by atoms with Gasteiger partial charge in [0.25, 0.3) is 0 Å². The van der Waals surface area contributed by atoms with Gasteiger partial charge in [-0.1, -0.05) is 18.2 Å². The molecule has 26 heavy (non-hydrogen) atoms. The third-order valence-corrected chi connectivity index (χ3v) is 5.00. The van der Waals surface area contributed by atoms with Crippen molar-refractivity contribution in [2.75, 3.05) is 0 Å². The maximum atomic E-state index is 6.05. The van der Waals surface area contributed by atoms with Crippen molar-refractivity contribution >= 4 is 37.9 Å². The number of halogens is 1. The number of fused-ring (bicyclic) bond motifs is 2. The van der Waals surface area contributed by atoms with Crippen molar-refractivity contribution in [3.05, 3.63) is 53.4 Å². The summed E-state index contributed by atoms with van der Waals surface area (Å²) in [5.74, 6) is 0.996. The van der Waals surface area contributed by atoms with E-state index in [9.17, 15) is 0 Å². The van der Waals surface area contributed by atoms with Crippen molar-refractivity contribution in [1.82, 2.24) is 24.3 Å². The Bertz CT molecular complexity index is 1280. The van der Waals surface area contributed by atoms with Crippen molar-refractivity contribution < 1.29 is 4.42 Å². The van der Waals surface area contributed by atoms with E-state index in [1.54, 1.807) is 6.20 Å². The van der Waals surface area contributed by atoms with E-state index in [0.29, 0.717) is 11.8 Å². The van der Waals surface area contributed by atoms with Gasteiger partial charge in [0.1, 0.15) is 5.65 Å². The molecule has 5 aromatic rings. The summed E-state index contributed by atoms with van der Waals surface area (Å²) >= 11 is 3.48. The summed E-state index contributed by atoms with van der Waals surface area (Å²) in [6.07, 6.45) is 5.76. The Hall–Kier alpha value is -2.93. The minimum absolute atomic E-state index is 0.485. The van der Waals surface area contributed by atoms with Gasteiger partial charge in [-0.25, -0.2) is 4.98 Å². The second-order valence-electron chi connectivity index (χ2n) is 6.26. The number of hydrogen-bond donors (Lipinski definition) is 0. The number of aryl methyl sites for hydroxylation is 2. The van der Waals surface area contributed by atoms with Crippen LogP contribution in [0.2, 0.25) is 0 Å². The van der Waals surface area contributed by atoms with Crippen LogP contribution in [0.4, 0.5) is 0 Å². The van der Waals surface area contributed by atoms with Gasteiger partial charge in [0.2, 0.25) is 11.8 Å². The van der Waals surface area contributed by atoms with Crippen molar-refractivity contribution in [2.24, 2.45) is 14.1 Å². The molecule has 6 nitrogen and oxygen atoms in total. The highest BCUT2D eigenvalue weighted by Crippen LogP contribution is 2.34. The van der Waals surface area contributed by atoms with E-state index in [1.165, 1.54) is 0 Å². The Balaban J connectivity index is 1.68. The molecule has 0 aliphatic rings. The maximum absolute atomic E-state index is 6.05. The van der Waals surface area contributed by atoms with Gasteiger partial charge < -0.3 is 13.6 Å². The van der Waals surface area contributed by atoms with Crippen LogP contribution in [0.15, 0.2) is 57.8 Å². The molecule has 1 aromatic carbocycles.